The van der Waals surface area contributed by atoms with Crippen molar-refractivity contribution in [2.45, 2.75) is 150 Å². The zero-order chi connectivity index (χ0) is 25.5. The fraction of sp³-hybridized carbons (Fsp3) is 0.964. The van der Waals surface area contributed by atoms with E-state index in [0.717, 1.165) is 25.7 Å². The van der Waals surface area contributed by atoms with E-state index >= 15 is 0 Å². The van der Waals surface area contributed by atoms with E-state index in [9.17, 15) is 4.79 Å². The first-order valence-corrected chi connectivity index (χ1v) is 13.4. The summed E-state index contributed by atoms with van der Waals surface area (Å²) in [5.74, 6) is 0.401. The van der Waals surface area contributed by atoms with Gasteiger partial charge in [-0.1, -0.05) is 47.5 Å². The summed E-state index contributed by atoms with van der Waals surface area (Å²) in [4.78, 5) is 16.2. The van der Waals surface area contributed by atoms with E-state index in [-0.39, 0.29) is 33.9 Å². The lowest BCUT2D eigenvalue weighted by atomic mass is 9.71. The average molecular weight is 467 g/mol. The number of nitrogens with one attached hydrogen (secondary N) is 1. The van der Waals surface area contributed by atoms with E-state index < -0.39 is 11.3 Å². The number of nitrogens with zero attached hydrogens (tertiary/aromatic N) is 1. The van der Waals surface area contributed by atoms with Gasteiger partial charge in [0.05, 0.1) is 12.2 Å². The Bertz CT molecular complexity index is 673. The third kappa shape index (κ3) is 5.95. The van der Waals surface area contributed by atoms with Crippen molar-refractivity contribution in [1.82, 2.24) is 10.2 Å². The van der Waals surface area contributed by atoms with Crippen molar-refractivity contribution in [2.24, 2.45) is 11.3 Å². The second-order valence-corrected chi connectivity index (χ2v) is 13.2. The Morgan fingerprint density at radius 1 is 0.939 bits per heavy atom. The number of rotatable bonds is 10. The minimum Gasteiger partial charge on any atom is -0.375 e. The third-order valence-electron chi connectivity index (χ3n) is 8.99. The molecule has 2 rings (SSSR count). The molecule has 0 bridgehead atoms. The summed E-state index contributed by atoms with van der Waals surface area (Å²) in [6.07, 6.45) is 5.47. The second kappa shape index (κ2) is 9.43. The number of carbonyl (C=O) groups excluding carboxylic acids is 1. The second-order valence-electron chi connectivity index (χ2n) is 13.2. The molecule has 5 nitrogen and oxygen atoms in total. The molecule has 0 radical (unpaired) electrons. The van der Waals surface area contributed by atoms with Gasteiger partial charge in [0.15, 0.2) is 5.60 Å². The molecule has 2 saturated heterocycles. The van der Waals surface area contributed by atoms with Crippen molar-refractivity contribution in [3.05, 3.63) is 0 Å². The standard InChI is InChI=1S/C28H54N2O3/c1-13-26(11,14-2)21(18-32-27(12,15-3)16-4)17-30-22(31)28(33-25(30,9)10)19-23(5,6)29-24(7,8)20-28/h21,29H,13-20H2,1-12H3. The van der Waals surface area contributed by atoms with Gasteiger partial charge in [0, 0.05) is 36.4 Å². The van der Waals surface area contributed by atoms with Crippen LogP contribution in [0.15, 0.2) is 0 Å². The first-order chi connectivity index (χ1) is 14.9. The minimum atomic E-state index is -0.774. The molecule has 1 amide bonds. The molecule has 1 atom stereocenters. The molecule has 194 valence electrons. The van der Waals surface area contributed by atoms with Crippen LogP contribution in [0.5, 0.6) is 0 Å². The van der Waals surface area contributed by atoms with Gasteiger partial charge in [-0.2, -0.15) is 0 Å². The number of carbonyl (C=O) groups is 1. The van der Waals surface area contributed by atoms with Crippen LogP contribution in [-0.2, 0) is 14.3 Å². The van der Waals surface area contributed by atoms with Crippen molar-refractivity contribution < 1.29 is 14.3 Å². The van der Waals surface area contributed by atoms with E-state index in [1.807, 2.05) is 4.90 Å². The smallest absolute Gasteiger partial charge is 0.257 e. The Morgan fingerprint density at radius 2 is 1.42 bits per heavy atom. The number of ether oxygens (including phenoxy) is 2. The number of amides is 1. The highest BCUT2D eigenvalue weighted by atomic mass is 16.6. The maximum atomic E-state index is 14.2. The Balaban J connectivity index is 2.38. The third-order valence-corrected chi connectivity index (χ3v) is 8.99. The molecule has 2 heterocycles. The predicted octanol–water partition coefficient (Wildman–Crippen LogP) is 6.30. The lowest BCUT2D eigenvalue weighted by Crippen LogP contribution is -2.65. The highest BCUT2D eigenvalue weighted by molar-refractivity contribution is 5.88. The van der Waals surface area contributed by atoms with E-state index in [4.69, 9.17) is 9.47 Å². The highest BCUT2D eigenvalue weighted by Gasteiger charge is 2.62. The van der Waals surface area contributed by atoms with Gasteiger partial charge < -0.3 is 19.7 Å². The quantitative estimate of drug-likeness (QED) is 0.410. The topological polar surface area (TPSA) is 50.8 Å². The molecule has 2 aliphatic rings. The molecule has 5 heteroatoms. The number of hydrogen-bond acceptors (Lipinski definition) is 4. The van der Waals surface area contributed by atoms with Crippen LogP contribution >= 0.6 is 0 Å². The van der Waals surface area contributed by atoms with Gasteiger partial charge >= 0.3 is 0 Å². The van der Waals surface area contributed by atoms with E-state index in [1.165, 1.54) is 0 Å². The molecule has 0 saturated carbocycles. The van der Waals surface area contributed by atoms with Crippen LogP contribution < -0.4 is 5.32 Å². The van der Waals surface area contributed by atoms with Crippen molar-refractivity contribution in [2.75, 3.05) is 13.2 Å². The summed E-state index contributed by atoms with van der Waals surface area (Å²) < 4.78 is 13.3. The first kappa shape index (κ1) is 28.6. The van der Waals surface area contributed by atoms with Crippen molar-refractivity contribution >= 4 is 5.91 Å². The summed E-state index contributed by atoms with van der Waals surface area (Å²) in [5.41, 5.74) is -1.77. The number of piperidine rings is 1. The van der Waals surface area contributed by atoms with Gasteiger partial charge in [0.1, 0.15) is 5.72 Å². The molecule has 0 aromatic carbocycles. The fourth-order valence-corrected chi connectivity index (χ4v) is 6.37. The van der Waals surface area contributed by atoms with Crippen molar-refractivity contribution in [3.8, 4) is 0 Å². The van der Waals surface area contributed by atoms with Gasteiger partial charge in [-0.15, -0.1) is 0 Å². The van der Waals surface area contributed by atoms with Gasteiger partial charge in [0.25, 0.3) is 5.91 Å². The van der Waals surface area contributed by atoms with Gasteiger partial charge in [0.2, 0.25) is 0 Å². The van der Waals surface area contributed by atoms with Crippen LogP contribution in [0.1, 0.15) is 122 Å². The lowest BCUT2D eigenvalue weighted by Gasteiger charge is -2.50. The molecule has 0 aromatic heterocycles. The Hall–Kier alpha value is -0.650. The average Bonchev–Trinajstić information content (AvgIpc) is 2.86. The lowest BCUT2D eigenvalue weighted by molar-refractivity contribution is -0.158. The monoisotopic (exact) mass is 466 g/mol. The zero-order valence-corrected chi connectivity index (χ0v) is 23.9. The van der Waals surface area contributed by atoms with Crippen LogP contribution in [-0.4, -0.2) is 52.0 Å². The van der Waals surface area contributed by atoms with Crippen LogP contribution in [0, 0.1) is 11.3 Å². The van der Waals surface area contributed by atoms with Crippen molar-refractivity contribution in [1.29, 1.82) is 0 Å². The minimum absolute atomic E-state index is 0.0984. The molecule has 0 aliphatic carbocycles. The fourth-order valence-electron chi connectivity index (χ4n) is 6.37. The largest absolute Gasteiger partial charge is 0.375 e. The first-order valence-electron chi connectivity index (χ1n) is 13.4. The summed E-state index contributed by atoms with van der Waals surface area (Å²) in [6.45, 7) is 27.7. The SMILES string of the molecule is CCC(C)(CC)OCC(CN1C(=O)C2(CC(C)(C)NC(C)(C)C2)OC1(C)C)C(C)(CC)CC. The van der Waals surface area contributed by atoms with Crippen LogP contribution in [0.2, 0.25) is 0 Å². The van der Waals surface area contributed by atoms with Gasteiger partial charge in [-0.3, -0.25) is 4.79 Å². The molecule has 33 heavy (non-hydrogen) atoms. The Labute approximate surface area is 204 Å². The van der Waals surface area contributed by atoms with E-state index in [1.54, 1.807) is 0 Å². The molecule has 2 fully saturated rings. The molecule has 1 unspecified atom stereocenters. The molecular weight excluding hydrogens is 412 g/mol. The van der Waals surface area contributed by atoms with E-state index in [0.29, 0.717) is 26.0 Å². The summed E-state index contributed by atoms with van der Waals surface area (Å²) >= 11 is 0. The molecule has 0 aromatic rings. The normalized spacial score (nSPS) is 25.0. The van der Waals surface area contributed by atoms with E-state index in [2.05, 4.69) is 88.4 Å². The van der Waals surface area contributed by atoms with Gasteiger partial charge in [-0.25, -0.2) is 0 Å². The van der Waals surface area contributed by atoms with Gasteiger partial charge in [-0.05, 0) is 66.7 Å². The molecule has 2 aliphatic heterocycles. The van der Waals surface area contributed by atoms with Crippen LogP contribution in [0.4, 0.5) is 0 Å². The number of hydrogen-bond donors (Lipinski definition) is 1. The maximum absolute atomic E-state index is 14.2. The van der Waals surface area contributed by atoms with Crippen LogP contribution in [0.3, 0.4) is 0 Å². The molecule has 1 spiro atoms. The Morgan fingerprint density at radius 3 is 1.85 bits per heavy atom. The molecular formula is C28H54N2O3. The molecule has 1 N–H and O–H groups in total. The highest BCUT2D eigenvalue weighted by Crippen LogP contribution is 2.48. The van der Waals surface area contributed by atoms with Crippen molar-refractivity contribution in [3.63, 3.8) is 0 Å². The predicted molar refractivity (Wildman–Crippen MR) is 137 cm³/mol. The summed E-state index contributed by atoms with van der Waals surface area (Å²) in [5, 5.41) is 3.71. The zero-order valence-electron chi connectivity index (χ0n) is 23.9. The maximum Gasteiger partial charge on any atom is 0.257 e. The van der Waals surface area contributed by atoms with Crippen LogP contribution in [0.25, 0.3) is 0 Å². The summed E-state index contributed by atoms with van der Waals surface area (Å²) in [7, 11) is 0. The Kier molecular flexibility index (Phi) is 8.17. The summed E-state index contributed by atoms with van der Waals surface area (Å²) in [6, 6.07) is 0.